The maximum atomic E-state index is 12.5. The van der Waals surface area contributed by atoms with Crippen molar-refractivity contribution in [3.63, 3.8) is 0 Å². The van der Waals surface area contributed by atoms with Crippen molar-refractivity contribution in [2.75, 3.05) is 10.9 Å². The van der Waals surface area contributed by atoms with Gasteiger partial charge in [-0.25, -0.2) is 0 Å². The molecule has 0 radical (unpaired) electrons. The van der Waals surface area contributed by atoms with E-state index >= 15 is 0 Å². The minimum absolute atomic E-state index is 0.0161. The van der Waals surface area contributed by atoms with E-state index in [1.807, 2.05) is 60.7 Å². The number of nitrogens with one attached hydrogen (secondary N) is 4. The SMILES string of the molecule is O=c1cccc2ccc3ccc(NNc4ccc5ccc6cccc(=O)c6c5[nH]4)[nH]c3c12. The lowest BCUT2D eigenvalue weighted by Gasteiger charge is -2.13. The lowest BCUT2D eigenvalue weighted by Crippen LogP contribution is -2.12. The van der Waals surface area contributed by atoms with Crippen molar-refractivity contribution >= 4 is 55.0 Å². The number of hydrogen-bond acceptors (Lipinski definition) is 4. The standard InChI is InChI=1S/C26H18N4O2/c31-19-5-1-3-15-7-9-17-11-13-21(27-25(17)23(15)19)29-30-22-14-12-18-10-8-16-4-2-6-20(32)24(16)26(18)28-22/h1-14,27-30H. The third kappa shape index (κ3) is 2.89. The molecule has 32 heavy (non-hydrogen) atoms. The Morgan fingerprint density at radius 2 is 0.875 bits per heavy atom. The molecule has 2 aromatic heterocycles. The Labute approximate surface area is 181 Å². The van der Waals surface area contributed by atoms with E-state index in [4.69, 9.17) is 0 Å². The van der Waals surface area contributed by atoms with Crippen LogP contribution in [0.25, 0.3) is 43.4 Å². The van der Waals surface area contributed by atoms with E-state index in [-0.39, 0.29) is 10.9 Å². The Morgan fingerprint density at radius 3 is 1.34 bits per heavy atom. The third-order valence-electron chi connectivity index (χ3n) is 5.79. The Hall–Kier alpha value is -4.58. The predicted molar refractivity (Wildman–Crippen MR) is 131 cm³/mol. The van der Waals surface area contributed by atoms with Gasteiger partial charge in [0.15, 0.2) is 10.9 Å². The summed E-state index contributed by atoms with van der Waals surface area (Å²) in [6, 6.07) is 26.2. The zero-order valence-corrected chi connectivity index (χ0v) is 16.9. The Bertz CT molecular complexity index is 1650. The molecule has 2 heterocycles. The maximum absolute atomic E-state index is 12.5. The van der Waals surface area contributed by atoms with Crippen molar-refractivity contribution in [2.45, 2.75) is 0 Å². The fraction of sp³-hybridized carbons (Fsp3) is 0. The molecule has 6 nitrogen and oxygen atoms in total. The van der Waals surface area contributed by atoms with Gasteiger partial charge in [0.1, 0.15) is 11.6 Å². The number of aromatic amines is 2. The van der Waals surface area contributed by atoms with Gasteiger partial charge in [0, 0.05) is 0 Å². The summed E-state index contributed by atoms with van der Waals surface area (Å²) in [5.41, 5.74) is 7.83. The molecule has 0 saturated heterocycles. The Morgan fingerprint density at radius 1 is 0.469 bits per heavy atom. The minimum atomic E-state index is -0.0161. The molecule has 4 N–H and O–H groups in total. The van der Waals surface area contributed by atoms with Gasteiger partial charge in [-0.1, -0.05) is 48.5 Å². The van der Waals surface area contributed by atoms with E-state index in [1.54, 1.807) is 24.3 Å². The van der Waals surface area contributed by atoms with Gasteiger partial charge in [0.25, 0.3) is 0 Å². The number of rotatable bonds is 3. The second-order valence-corrected chi connectivity index (χ2v) is 7.76. The summed E-state index contributed by atoms with van der Waals surface area (Å²) in [7, 11) is 0. The lowest BCUT2D eigenvalue weighted by atomic mass is 10.1. The number of fused-ring (bicyclic) bond motifs is 6. The topological polar surface area (TPSA) is 89.8 Å². The van der Waals surface area contributed by atoms with Crippen molar-refractivity contribution in [3.05, 3.63) is 105 Å². The largest absolute Gasteiger partial charge is 0.340 e. The monoisotopic (exact) mass is 418 g/mol. The van der Waals surface area contributed by atoms with E-state index in [9.17, 15) is 9.59 Å². The van der Waals surface area contributed by atoms with Gasteiger partial charge < -0.3 is 9.97 Å². The van der Waals surface area contributed by atoms with Gasteiger partial charge in [-0.3, -0.25) is 20.4 Å². The maximum Gasteiger partial charge on any atom is 0.188 e. The lowest BCUT2D eigenvalue weighted by molar-refractivity contribution is 1.27. The molecule has 0 atom stereocenters. The van der Waals surface area contributed by atoms with Crippen LogP contribution in [0.2, 0.25) is 0 Å². The van der Waals surface area contributed by atoms with E-state index in [1.165, 1.54) is 0 Å². The molecule has 6 heteroatoms. The van der Waals surface area contributed by atoms with Crippen LogP contribution in [0, 0.1) is 0 Å². The van der Waals surface area contributed by atoms with Crippen LogP contribution in [-0.4, -0.2) is 9.97 Å². The predicted octanol–water partition coefficient (Wildman–Crippen LogP) is 5.12. The molecule has 0 saturated carbocycles. The second kappa shape index (κ2) is 6.99. The minimum Gasteiger partial charge on any atom is -0.340 e. The van der Waals surface area contributed by atoms with Crippen LogP contribution in [0.5, 0.6) is 0 Å². The van der Waals surface area contributed by atoms with Crippen molar-refractivity contribution in [1.29, 1.82) is 0 Å². The van der Waals surface area contributed by atoms with Crippen LogP contribution < -0.4 is 21.7 Å². The molecule has 0 aliphatic carbocycles. The van der Waals surface area contributed by atoms with Crippen LogP contribution in [-0.2, 0) is 0 Å². The first-order chi connectivity index (χ1) is 15.7. The first-order valence-corrected chi connectivity index (χ1v) is 10.3. The molecule has 0 bridgehead atoms. The van der Waals surface area contributed by atoms with Gasteiger partial charge in [0.2, 0.25) is 0 Å². The van der Waals surface area contributed by atoms with Gasteiger partial charge in [-0.05, 0) is 57.9 Å². The van der Waals surface area contributed by atoms with Crippen LogP contribution in [0.15, 0.2) is 94.5 Å². The highest BCUT2D eigenvalue weighted by atomic mass is 16.1. The van der Waals surface area contributed by atoms with E-state index < -0.39 is 0 Å². The fourth-order valence-corrected chi connectivity index (χ4v) is 4.25. The second-order valence-electron chi connectivity index (χ2n) is 7.76. The number of anilines is 2. The van der Waals surface area contributed by atoms with Gasteiger partial charge in [-0.15, -0.1) is 0 Å². The van der Waals surface area contributed by atoms with Crippen molar-refractivity contribution in [2.24, 2.45) is 0 Å². The molecule has 6 aromatic rings. The molecule has 0 fully saturated rings. The summed E-state index contributed by atoms with van der Waals surface area (Å²) in [4.78, 5) is 31.6. The normalized spacial score (nSPS) is 11.4. The number of aromatic nitrogens is 2. The molecule has 6 rings (SSSR count). The summed E-state index contributed by atoms with van der Waals surface area (Å²) in [6.45, 7) is 0. The van der Waals surface area contributed by atoms with Crippen LogP contribution in [0.4, 0.5) is 11.6 Å². The molecular formula is C26H18N4O2. The average Bonchev–Trinajstić information content (AvgIpc) is 2.82. The van der Waals surface area contributed by atoms with Gasteiger partial charge in [0.05, 0.1) is 21.8 Å². The van der Waals surface area contributed by atoms with Gasteiger partial charge in [-0.2, -0.15) is 0 Å². The van der Waals surface area contributed by atoms with Crippen LogP contribution in [0.3, 0.4) is 0 Å². The van der Waals surface area contributed by atoms with Crippen molar-refractivity contribution in [3.8, 4) is 0 Å². The molecule has 0 spiro atoms. The highest BCUT2D eigenvalue weighted by molar-refractivity contribution is 6.06. The highest BCUT2D eigenvalue weighted by Crippen LogP contribution is 2.24. The molecule has 0 unspecified atom stereocenters. The zero-order valence-electron chi connectivity index (χ0n) is 16.9. The number of H-pyrrole nitrogens is 2. The first kappa shape index (κ1) is 18.2. The Balaban J connectivity index is 1.40. The summed E-state index contributed by atoms with van der Waals surface area (Å²) in [5.74, 6) is 1.40. The smallest absolute Gasteiger partial charge is 0.188 e. The fourth-order valence-electron chi connectivity index (χ4n) is 4.25. The summed E-state index contributed by atoms with van der Waals surface area (Å²) < 4.78 is 0. The Kier molecular flexibility index (Phi) is 3.98. The van der Waals surface area contributed by atoms with Crippen LogP contribution >= 0.6 is 0 Å². The number of hydrogen-bond donors (Lipinski definition) is 4. The van der Waals surface area contributed by atoms with E-state index in [0.717, 1.165) is 32.6 Å². The van der Waals surface area contributed by atoms with Crippen molar-refractivity contribution < 1.29 is 0 Å². The number of benzene rings is 4. The molecule has 0 aliphatic rings. The zero-order chi connectivity index (χ0) is 21.7. The molecule has 4 aromatic carbocycles. The number of pyridine rings is 2. The first-order valence-electron chi connectivity index (χ1n) is 10.3. The summed E-state index contributed by atoms with van der Waals surface area (Å²) in [6.07, 6.45) is 0. The van der Waals surface area contributed by atoms with Crippen LogP contribution in [0.1, 0.15) is 0 Å². The average molecular weight is 418 g/mol. The van der Waals surface area contributed by atoms with Crippen molar-refractivity contribution in [1.82, 2.24) is 9.97 Å². The third-order valence-corrected chi connectivity index (χ3v) is 5.79. The highest BCUT2D eigenvalue weighted by Gasteiger charge is 2.07. The van der Waals surface area contributed by atoms with E-state index in [0.29, 0.717) is 22.4 Å². The summed E-state index contributed by atoms with van der Waals surface area (Å²) in [5, 5.41) is 5.04. The van der Waals surface area contributed by atoms with Gasteiger partial charge >= 0.3 is 0 Å². The quantitative estimate of drug-likeness (QED) is 0.237. The number of hydrazine groups is 1. The molecule has 0 aliphatic heterocycles. The molecular weight excluding hydrogens is 400 g/mol. The molecule has 154 valence electrons. The summed E-state index contributed by atoms with van der Waals surface area (Å²) >= 11 is 0. The van der Waals surface area contributed by atoms with E-state index in [2.05, 4.69) is 20.8 Å². The molecule has 0 amide bonds.